The number of anilines is 1. The first kappa shape index (κ1) is 22.5. The van der Waals surface area contributed by atoms with E-state index < -0.39 is 23.7 Å². The first-order valence-electron chi connectivity index (χ1n) is 11.6. The maximum atomic E-state index is 16.1. The molecule has 7 rings (SSSR count). The van der Waals surface area contributed by atoms with Crippen LogP contribution in [0, 0.1) is 34.9 Å². The van der Waals surface area contributed by atoms with E-state index in [-0.39, 0.29) is 40.2 Å². The van der Waals surface area contributed by atoms with Gasteiger partial charge in [0.1, 0.15) is 17.5 Å². The number of furan rings is 1. The molecule has 182 valence electrons. The summed E-state index contributed by atoms with van der Waals surface area (Å²) >= 11 is 6.16. The third-order valence-electron chi connectivity index (χ3n) is 7.44. The number of H-pyrrole nitrogens is 1. The van der Waals surface area contributed by atoms with Gasteiger partial charge in [-0.15, -0.1) is 0 Å². The van der Waals surface area contributed by atoms with Crippen LogP contribution in [-0.4, -0.2) is 37.3 Å². The van der Waals surface area contributed by atoms with Crippen LogP contribution in [0.25, 0.3) is 33.7 Å². The Hall–Kier alpha value is -3.97. The molecule has 11 heteroatoms. The summed E-state index contributed by atoms with van der Waals surface area (Å²) in [5.74, 6) is -2.22. The molecule has 9 nitrogen and oxygen atoms in total. The lowest BCUT2D eigenvalue weighted by Gasteiger charge is -2.47. The standard InChI is InChI=1S/C25H20ClFN6O3/c26-13-8-14-22(32-33-23(14)29-10-13)21-15(9-28)18(16-2-1-7-36-16)19(27)24(31-21)30-20-12-5-3-11(4-6-12)17(20)25(34)35/h1-2,7-8,10-12,17,20H,3-6H2,(H,30,31)(H,34,35)(H,29,32,33)/t11?,12?,17-,20-/m1/s1. The number of carbonyl (C=O) groups is 1. The number of nitrogens with one attached hydrogen (secondary N) is 2. The largest absolute Gasteiger partial charge is 0.481 e. The fourth-order valence-electron chi connectivity index (χ4n) is 5.83. The van der Waals surface area contributed by atoms with Crippen LogP contribution in [-0.2, 0) is 4.79 Å². The highest BCUT2D eigenvalue weighted by atomic mass is 35.5. The van der Waals surface area contributed by atoms with E-state index in [1.165, 1.54) is 12.5 Å². The number of hydrogen-bond donors (Lipinski definition) is 3. The van der Waals surface area contributed by atoms with Crippen LogP contribution in [0.15, 0.2) is 35.1 Å². The Labute approximate surface area is 209 Å². The number of aromatic nitrogens is 4. The van der Waals surface area contributed by atoms with E-state index in [9.17, 15) is 15.2 Å². The normalized spacial score (nSPS) is 23.0. The van der Waals surface area contributed by atoms with Crippen LogP contribution in [0.4, 0.5) is 10.2 Å². The Morgan fingerprint density at radius 3 is 2.78 bits per heavy atom. The van der Waals surface area contributed by atoms with Crippen LogP contribution in [0.5, 0.6) is 0 Å². The van der Waals surface area contributed by atoms with E-state index >= 15 is 4.39 Å². The molecule has 2 bridgehead atoms. The molecule has 0 aromatic carbocycles. The predicted molar refractivity (Wildman–Crippen MR) is 128 cm³/mol. The molecule has 36 heavy (non-hydrogen) atoms. The molecule has 3 aliphatic rings. The number of aromatic amines is 1. The first-order chi connectivity index (χ1) is 17.5. The molecule has 0 spiro atoms. The number of aliphatic carboxylic acids is 1. The molecule has 2 atom stereocenters. The van der Waals surface area contributed by atoms with Crippen molar-refractivity contribution in [1.29, 1.82) is 5.26 Å². The number of nitrogens with zero attached hydrogens (tertiary/aromatic N) is 4. The number of carboxylic acid groups (broad SMARTS) is 1. The zero-order valence-electron chi connectivity index (χ0n) is 18.8. The third-order valence-corrected chi connectivity index (χ3v) is 7.64. The molecule has 0 unspecified atom stereocenters. The van der Waals surface area contributed by atoms with Crippen molar-refractivity contribution in [3.8, 4) is 28.8 Å². The Morgan fingerprint density at radius 2 is 2.08 bits per heavy atom. The fourth-order valence-corrected chi connectivity index (χ4v) is 5.98. The number of nitriles is 1. The van der Waals surface area contributed by atoms with Crippen molar-refractivity contribution >= 4 is 34.4 Å². The van der Waals surface area contributed by atoms with Crippen LogP contribution in [0.1, 0.15) is 31.2 Å². The summed E-state index contributed by atoms with van der Waals surface area (Å²) in [4.78, 5) is 20.9. The summed E-state index contributed by atoms with van der Waals surface area (Å²) in [7, 11) is 0. The Kier molecular flexibility index (Phi) is 5.38. The minimum absolute atomic E-state index is 0.0280. The summed E-state index contributed by atoms with van der Waals surface area (Å²) < 4.78 is 21.5. The molecule has 4 aromatic rings. The van der Waals surface area contributed by atoms with Gasteiger partial charge in [0.05, 0.1) is 34.0 Å². The van der Waals surface area contributed by atoms with Crippen molar-refractivity contribution in [3.05, 3.63) is 47.1 Å². The number of fused-ring (bicyclic) bond motifs is 4. The molecule has 3 saturated carbocycles. The molecule has 3 N–H and O–H groups in total. The van der Waals surface area contributed by atoms with E-state index in [0.717, 1.165) is 25.7 Å². The molecule has 0 saturated heterocycles. The van der Waals surface area contributed by atoms with Crippen LogP contribution < -0.4 is 5.32 Å². The van der Waals surface area contributed by atoms with Crippen molar-refractivity contribution in [1.82, 2.24) is 20.2 Å². The second kappa shape index (κ2) is 8.60. The number of pyridine rings is 2. The SMILES string of the molecule is N#Cc1c(-c2[nH]nc3ncc(Cl)cc23)nc(N[C@@H]2C3CCC(CC3)[C@H]2C(=O)O)c(F)c1-c1ccco1. The summed E-state index contributed by atoms with van der Waals surface area (Å²) in [5, 5.41) is 31.1. The lowest BCUT2D eigenvalue weighted by Crippen LogP contribution is -2.51. The maximum absolute atomic E-state index is 16.1. The van der Waals surface area contributed by atoms with E-state index in [0.29, 0.717) is 21.7 Å². The monoisotopic (exact) mass is 506 g/mol. The minimum atomic E-state index is -0.900. The zero-order chi connectivity index (χ0) is 25.0. The Morgan fingerprint density at radius 1 is 1.31 bits per heavy atom. The van der Waals surface area contributed by atoms with Crippen molar-refractivity contribution in [2.24, 2.45) is 17.8 Å². The zero-order valence-corrected chi connectivity index (χ0v) is 19.6. The topological polar surface area (TPSA) is 141 Å². The Bertz CT molecular complexity index is 1520. The molecule has 4 heterocycles. The fraction of sp³-hybridized carbons (Fsp3) is 0.320. The summed E-state index contributed by atoms with van der Waals surface area (Å²) in [6.45, 7) is 0. The van der Waals surface area contributed by atoms with E-state index in [1.54, 1.807) is 18.2 Å². The maximum Gasteiger partial charge on any atom is 0.308 e. The third kappa shape index (κ3) is 3.50. The minimum Gasteiger partial charge on any atom is -0.481 e. The molecule has 0 amide bonds. The van der Waals surface area contributed by atoms with Gasteiger partial charge in [-0.05, 0) is 55.7 Å². The number of rotatable bonds is 5. The number of halogens is 2. The smallest absolute Gasteiger partial charge is 0.308 e. The predicted octanol–water partition coefficient (Wildman–Crippen LogP) is 5.25. The second-order valence-electron chi connectivity index (χ2n) is 9.29. The average molecular weight is 507 g/mol. The average Bonchev–Trinajstić information content (AvgIpc) is 3.55. The van der Waals surface area contributed by atoms with E-state index in [1.807, 2.05) is 0 Å². The molecule has 0 aliphatic heterocycles. The molecule has 0 radical (unpaired) electrons. The lowest BCUT2D eigenvalue weighted by molar-refractivity contribution is -0.148. The van der Waals surface area contributed by atoms with Gasteiger partial charge in [0.25, 0.3) is 0 Å². The van der Waals surface area contributed by atoms with Gasteiger partial charge in [0.2, 0.25) is 0 Å². The lowest BCUT2D eigenvalue weighted by atomic mass is 9.61. The molecule has 4 aromatic heterocycles. The van der Waals surface area contributed by atoms with E-state index in [2.05, 4.69) is 31.6 Å². The van der Waals surface area contributed by atoms with Crippen molar-refractivity contribution in [2.75, 3.05) is 5.32 Å². The highest BCUT2D eigenvalue weighted by molar-refractivity contribution is 6.31. The van der Waals surface area contributed by atoms with Gasteiger partial charge in [0, 0.05) is 17.6 Å². The van der Waals surface area contributed by atoms with Gasteiger partial charge >= 0.3 is 5.97 Å². The van der Waals surface area contributed by atoms with Gasteiger partial charge in [0.15, 0.2) is 17.3 Å². The summed E-state index contributed by atoms with van der Waals surface area (Å²) in [6.07, 6.45) is 6.27. The van der Waals surface area contributed by atoms with Gasteiger partial charge in [-0.2, -0.15) is 10.4 Å². The number of hydrogen-bond acceptors (Lipinski definition) is 7. The van der Waals surface area contributed by atoms with Gasteiger partial charge in [-0.3, -0.25) is 9.89 Å². The van der Waals surface area contributed by atoms with E-state index in [4.69, 9.17) is 16.0 Å². The molecule has 3 fully saturated rings. The molecule has 3 aliphatic carbocycles. The number of carboxylic acids is 1. The Balaban J connectivity index is 1.56. The van der Waals surface area contributed by atoms with Crippen LogP contribution in [0.3, 0.4) is 0 Å². The van der Waals surface area contributed by atoms with Gasteiger partial charge in [-0.1, -0.05) is 11.6 Å². The molecular weight excluding hydrogens is 487 g/mol. The van der Waals surface area contributed by atoms with Gasteiger partial charge in [-0.25, -0.2) is 14.4 Å². The van der Waals surface area contributed by atoms with Crippen molar-refractivity contribution < 1.29 is 18.7 Å². The van der Waals surface area contributed by atoms with Crippen molar-refractivity contribution in [3.63, 3.8) is 0 Å². The van der Waals surface area contributed by atoms with Crippen LogP contribution in [0.2, 0.25) is 5.02 Å². The molecular formula is C25H20ClFN6O3. The quantitative estimate of drug-likeness (QED) is 0.333. The highest BCUT2D eigenvalue weighted by Gasteiger charge is 2.47. The first-order valence-corrected chi connectivity index (χ1v) is 12.0. The van der Waals surface area contributed by atoms with Crippen LogP contribution >= 0.6 is 11.6 Å². The summed E-state index contributed by atoms with van der Waals surface area (Å²) in [5.41, 5.74) is 0.702. The van der Waals surface area contributed by atoms with Gasteiger partial charge < -0.3 is 14.8 Å². The summed E-state index contributed by atoms with van der Waals surface area (Å²) in [6, 6.07) is 6.36. The highest BCUT2D eigenvalue weighted by Crippen LogP contribution is 2.47. The van der Waals surface area contributed by atoms with Crippen molar-refractivity contribution in [2.45, 2.75) is 31.7 Å². The second-order valence-corrected chi connectivity index (χ2v) is 9.73.